The van der Waals surface area contributed by atoms with Gasteiger partial charge in [0.2, 0.25) is 0 Å². The highest BCUT2D eigenvalue weighted by atomic mass is 16.5. The summed E-state index contributed by atoms with van der Waals surface area (Å²) >= 11 is 0. The number of carbonyl (C=O) groups excluding carboxylic acids is 1. The topological polar surface area (TPSA) is 42.0 Å². The minimum absolute atomic E-state index is 0.0796. The monoisotopic (exact) mass is 394 g/mol. The van der Waals surface area contributed by atoms with E-state index in [1.807, 2.05) is 59.5 Å². The highest BCUT2D eigenvalue weighted by Gasteiger charge is 2.40. The van der Waals surface area contributed by atoms with Crippen molar-refractivity contribution in [3.8, 4) is 11.5 Å². The molecule has 0 N–H and O–H groups in total. The van der Waals surface area contributed by atoms with E-state index in [9.17, 15) is 4.79 Å². The van der Waals surface area contributed by atoms with E-state index < -0.39 is 0 Å². The van der Waals surface area contributed by atoms with Crippen LogP contribution in [-0.2, 0) is 0 Å². The molecule has 5 heteroatoms. The van der Waals surface area contributed by atoms with E-state index in [0.717, 1.165) is 31.9 Å². The Labute approximate surface area is 173 Å². The lowest BCUT2D eigenvalue weighted by Crippen LogP contribution is -2.43. The molecule has 0 spiro atoms. The molecule has 2 aromatic carbocycles. The molecule has 154 valence electrons. The van der Waals surface area contributed by atoms with Crippen LogP contribution in [0.15, 0.2) is 54.6 Å². The summed E-state index contributed by atoms with van der Waals surface area (Å²) in [5, 5.41) is 0. The number of hydrogen-bond acceptors (Lipinski definition) is 4. The van der Waals surface area contributed by atoms with Gasteiger partial charge in [-0.1, -0.05) is 36.8 Å². The van der Waals surface area contributed by atoms with Gasteiger partial charge in [-0.25, -0.2) is 0 Å². The smallest absolute Gasteiger partial charge is 0.257 e. The van der Waals surface area contributed by atoms with Crippen LogP contribution >= 0.6 is 0 Å². The summed E-state index contributed by atoms with van der Waals surface area (Å²) in [6.45, 7) is 4.26. The largest absolute Gasteiger partial charge is 0.496 e. The zero-order chi connectivity index (χ0) is 20.1. The summed E-state index contributed by atoms with van der Waals surface area (Å²) in [4.78, 5) is 17.7. The fraction of sp³-hybridized carbons (Fsp3) is 0.458. The fourth-order valence-corrected chi connectivity index (χ4v) is 4.67. The van der Waals surface area contributed by atoms with Gasteiger partial charge < -0.3 is 14.4 Å². The van der Waals surface area contributed by atoms with Gasteiger partial charge in [-0.05, 0) is 49.6 Å². The molecule has 0 saturated carbocycles. The lowest BCUT2D eigenvalue weighted by Gasteiger charge is -2.29. The highest BCUT2D eigenvalue weighted by molar-refractivity contribution is 5.97. The molecule has 5 nitrogen and oxygen atoms in total. The molecule has 4 rings (SSSR count). The molecule has 0 aromatic heterocycles. The van der Waals surface area contributed by atoms with Gasteiger partial charge in [0.05, 0.1) is 12.7 Å². The normalized spacial score (nSPS) is 22.0. The van der Waals surface area contributed by atoms with Crippen LogP contribution in [-0.4, -0.2) is 61.6 Å². The zero-order valence-corrected chi connectivity index (χ0v) is 17.1. The van der Waals surface area contributed by atoms with Crippen molar-refractivity contribution in [3.63, 3.8) is 0 Å². The van der Waals surface area contributed by atoms with Gasteiger partial charge in [0.25, 0.3) is 5.91 Å². The minimum atomic E-state index is 0.0796. The second kappa shape index (κ2) is 9.31. The maximum absolute atomic E-state index is 13.2. The zero-order valence-electron chi connectivity index (χ0n) is 17.1. The van der Waals surface area contributed by atoms with Crippen LogP contribution in [0.4, 0.5) is 0 Å². The number of carbonyl (C=O) groups is 1. The Balaban J connectivity index is 1.41. The van der Waals surface area contributed by atoms with Crippen molar-refractivity contribution in [2.24, 2.45) is 5.92 Å². The predicted molar refractivity (Wildman–Crippen MR) is 114 cm³/mol. The van der Waals surface area contributed by atoms with E-state index in [0.29, 0.717) is 29.9 Å². The van der Waals surface area contributed by atoms with Crippen molar-refractivity contribution < 1.29 is 14.3 Å². The molecule has 2 aromatic rings. The average molecular weight is 395 g/mol. The first kappa shape index (κ1) is 19.8. The van der Waals surface area contributed by atoms with Gasteiger partial charge in [0.15, 0.2) is 0 Å². The van der Waals surface area contributed by atoms with Gasteiger partial charge in [-0.2, -0.15) is 0 Å². The molecule has 0 radical (unpaired) electrons. The number of likely N-dealkylation sites (tertiary alicyclic amines) is 2. The average Bonchev–Trinajstić information content (AvgIpc) is 3.10. The van der Waals surface area contributed by atoms with Crippen molar-refractivity contribution >= 4 is 5.91 Å². The summed E-state index contributed by atoms with van der Waals surface area (Å²) in [6, 6.07) is 17.9. The summed E-state index contributed by atoms with van der Waals surface area (Å²) < 4.78 is 11.3. The maximum atomic E-state index is 13.2. The molecule has 0 bridgehead atoms. The Morgan fingerprint density at radius 2 is 1.83 bits per heavy atom. The molecule has 2 saturated heterocycles. The van der Waals surface area contributed by atoms with Crippen molar-refractivity contribution in [1.82, 2.24) is 9.80 Å². The Bertz CT molecular complexity index is 811. The first-order valence-corrected chi connectivity index (χ1v) is 10.6. The standard InChI is InChI=1S/C24H30N2O3/c1-28-23-13-6-5-12-21(23)24(27)26-17-19-9-7-8-14-25(22(19)18-26)15-16-29-20-10-3-2-4-11-20/h2-6,10-13,19,22H,7-9,14-18H2,1H3/t19-,22+/m0/s1. The van der Waals surface area contributed by atoms with E-state index in [4.69, 9.17) is 9.47 Å². The molecule has 2 heterocycles. The van der Waals surface area contributed by atoms with Crippen molar-refractivity contribution in [2.45, 2.75) is 25.3 Å². The molecule has 1 amide bonds. The van der Waals surface area contributed by atoms with Crippen LogP contribution in [0.5, 0.6) is 11.5 Å². The number of amides is 1. The minimum Gasteiger partial charge on any atom is -0.496 e. The quantitative estimate of drug-likeness (QED) is 0.749. The van der Waals surface area contributed by atoms with Crippen LogP contribution in [0.2, 0.25) is 0 Å². The van der Waals surface area contributed by atoms with E-state index in [2.05, 4.69) is 4.90 Å². The van der Waals surface area contributed by atoms with Crippen LogP contribution in [0.1, 0.15) is 29.6 Å². The summed E-state index contributed by atoms with van der Waals surface area (Å²) in [7, 11) is 1.62. The van der Waals surface area contributed by atoms with Crippen LogP contribution in [0, 0.1) is 5.92 Å². The lowest BCUT2D eigenvalue weighted by atomic mass is 9.98. The lowest BCUT2D eigenvalue weighted by molar-refractivity contribution is 0.0768. The Hall–Kier alpha value is -2.53. The van der Waals surface area contributed by atoms with Crippen LogP contribution in [0.25, 0.3) is 0 Å². The molecule has 2 fully saturated rings. The summed E-state index contributed by atoms with van der Waals surface area (Å²) in [6.07, 6.45) is 3.64. The number of benzene rings is 2. The summed E-state index contributed by atoms with van der Waals surface area (Å²) in [5.74, 6) is 2.18. The predicted octanol–water partition coefficient (Wildman–Crippen LogP) is 3.70. The Morgan fingerprint density at radius 1 is 1.03 bits per heavy atom. The number of nitrogens with zero attached hydrogens (tertiary/aromatic N) is 2. The maximum Gasteiger partial charge on any atom is 0.257 e. The van der Waals surface area contributed by atoms with Crippen molar-refractivity contribution in [3.05, 3.63) is 60.2 Å². The SMILES string of the molecule is COc1ccccc1C(=O)N1C[C@@H]2CCCCN(CCOc3ccccc3)[C@@H]2C1. The first-order chi connectivity index (χ1) is 14.3. The molecule has 2 aliphatic rings. The molecule has 2 atom stereocenters. The van der Waals surface area contributed by atoms with Crippen LogP contribution < -0.4 is 9.47 Å². The molecule has 0 unspecified atom stereocenters. The van der Waals surface area contributed by atoms with E-state index in [1.54, 1.807) is 7.11 Å². The second-order valence-corrected chi connectivity index (χ2v) is 7.93. The van der Waals surface area contributed by atoms with Gasteiger partial charge >= 0.3 is 0 Å². The van der Waals surface area contributed by atoms with Crippen molar-refractivity contribution in [1.29, 1.82) is 0 Å². The van der Waals surface area contributed by atoms with E-state index in [1.165, 1.54) is 19.3 Å². The first-order valence-electron chi connectivity index (χ1n) is 10.6. The molecule has 29 heavy (non-hydrogen) atoms. The van der Waals surface area contributed by atoms with E-state index in [-0.39, 0.29) is 5.91 Å². The summed E-state index contributed by atoms with van der Waals surface area (Å²) in [5.41, 5.74) is 0.658. The van der Waals surface area contributed by atoms with Gasteiger partial charge in [0.1, 0.15) is 18.1 Å². The number of rotatable bonds is 6. The number of hydrogen-bond donors (Lipinski definition) is 0. The third kappa shape index (κ3) is 4.56. The third-order valence-electron chi connectivity index (χ3n) is 6.16. The second-order valence-electron chi connectivity index (χ2n) is 7.93. The Kier molecular flexibility index (Phi) is 6.35. The Morgan fingerprint density at radius 3 is 2.66 bits per heavy atom. The number of ether oxygens (including phenoxy) is 2. The number of fused-ring (bicyclic) bond motifs is 1. The number of para-hydroxylation sites is 2. The van der Waals surface area contributed by atoms with Crippen LogP contribution in [0.3, 0.4) is 0 Å². The highest BCUT2D eigenvalue weighted by Crippen LogP contribution is 2.32. The van der Waals surface area contributed by atoms with Crippen molar-refractivity contribution in [2.75, 3.05) is 39.9 Å². The molecular formula is C24H30N2O3. The fourth-order valence-electron chi connectivity index (χ4n) is 4.67. The third-order valence-corrected chi connectivity index (χ3v) is 6.16. The van der Waals surface area contributed by atoms with Gasteiger partial charge in [-0.15, -0.1) is 0 Å². The molecule has 2 aliphatic heterocycles. The van der Waals surface area contributed by atoms with E-state index >= 15 is 0 Å². The number of methoxy groups -OCH3 is 1. The van der Waals surface area contributed by atoms with Gasteiger partial charge in [0, 0.05) is 25.7 Å². The molecular weight excluding hydrogens is 364 g/mol. The molecule has 0 aliphatic carbocycles. The van der Waals surface area contributed by atoms with Gasteiger partial charge in [-0.3, -0.25) is 9.69 Å².